The molecule has 3 fully saturated rings. The molecule has 3 heterocycles. The van der Waals surface area contributed by atoms with Crippen LogP contribution in [-0.2, 0) is 14.4 Å². The molecule has 9 aromatic rings. The molecule has 73 heavy (non-hydrogen) atoms. The highest BCUT2D eigenvalue weighted by atomic mass is 79.9. The van der Waals surface area contributed by atoms with Gasteiger partial charge in [0, 0.05) is 33.4 Å². The summed E-state index contributed by atoms with van der Waals surface area (Å²) in [6.45, 7) is 0. The maximum absolute atomic E-state index is 10.8. The number of carboxylic acid groups (broad SMARTS) is 3. The Hall–Kier alpha value is -5.58. The second kappa shape index (κ2) is 22.9. The first-order valence-corrected chi connectivity index (χ1v) is 28.2. The van der Waals surface area contributed by atoms with Crippen molar-refractivity contribution in [3.8, 4) is 17.1 Å². The fourth-order valence-corrected chi connectivity index (χ4v) is 12.4. The highest BCUT2D eigenvalue weighted by molar-refractivity contribution is 9.10. The largest absolute Gasteiger partial charge is 0.549 e. The van der Waals surface area contributed by atoms with Crippen molar-refractivity contribution in [3.05, 3.63) is 140 Å². The Bertz CT molecular complexity index is 3180. The van der Waals surface area contributed by atoms with E-state index in [0.717, 1.165) is 68.5 Å². The Kier molecular flexibility index (Phi) is 16.4. The van der Waals surface area contributed by atoms with Gasteiger partial charge in [-0.15, -0.1) is 30.6 Å². The van der Waals surface area contributed by atoms with E-state index in [1.54, 1.807) is 0 Å². The maximum Gasteiger partial charge on any atom is 0.205 e. The van der Waals surface area contributed by atoms with Gasteiger partial charge >= 0.3 is 0 Å². The number of carboxylic acids is 3. The Balaban J connectivity index is 0.000000134. The van der Waals surface area contributed by atoms with Crippen LogP contribution in [0.1, 0.15) is 80.4 Å². The van der Waals surface area contributed by atoms with E-state index in [9.17, 15) is 29.7 Å². The van der Waals surface area contributed by atoms with Crippen molar-refractivity contribution in [2.45, 2.75) is 79.2 Å². The number of fused-ring (bicyclic) bond motifs is 3. The van der Waals surface area contributed by atoms with Crippen molar-refractivity contribution in [1.29, 1.82) is 0 Å². The van der Waals surface area contributed by atoms with Gasteiger partial charge in [-0.2, -0.15) is 0 Å². The molecule has 0 spiro atoms. The van der Waals surface area contributed by atoms with E-state index in [4.69, 9.17) is 0 Å². The SMILES string of the molecule is C.O=C([O-])CSc1nnc(Br)n1-c1ccc(C2CC2)c2ccccc12.O=C([O-])CSc1nnc(Br)n1-c1ccc(C2CC2)c2ccccc12.O=C([O-])CSc1nnc(Br)n1-c1ccc(C2CC2)c2ccccc12. The molecule has 15 nitrogen and oxygen atoms in total. The van der Waals surface area contributed by atoms with E-state index in [1.807, 2.05) is 50.1 Å². The number of hydrogen-bond acceptors (Lipinski definition) is 15. The standard InChI is InChI=1S/3C17H14BrN3O2S.CH4/c3*18-16-19-20-17(24-9-15(22)23)21(16)14-8-7-11(10-5-6-10)12-3-1-2-4-13(12)14;/h3*1-4,7-8,10H,5-6,9H2,(H,22,23);1H4/p-3. The van der Waals surface area contributed by atoms with Crippen LogP contribution in [0, 0.1) is 0 Å². The van der Waals surface area contributed by atoms with Gasteiger partial charge in [-0.05, 0) is 155 Å². The third-order valence-corrected chi connectivity index (χ3v) is 16.6. The van der Waals surface area contributed by atoms with Crippen molar-refractivity contribution in [3.63, 3.8) is 0 Å². The Morgan fingerprint density at radius 3 is 0.890 bits per heavy atom. The molecular formula is C52H43Br3N9O6S3-3. The van der Waals surface area contributed by atoms with E-state index in [0.29, 0.717) is 47.4 Å². The van der Waals surface area contributed by atoms with Crippen molar-refractivity contribution in [2.75, 3.05) is 17.3 Å². The maximum atomic E-state index is 10.8. The molecule has 0 aliphatic heterocycles. The van der Waals surface area contributed by atoms with Crippen LogP contribution < -0.4 is 15.3 Å². The first kappa shape index (κ1) is 52.3. The molecule has 0 bridgehead atoms. The summed E-state index contributed by atoms with van der Waals surface area (Å²) in [6, 6.07) is 37.5. The van der Waals surface area contributed by atoms with Crippen LogP contribution in [0.3, 0.4) is 0 Å². The van der Waals surface area contributed by atoms with Crippen molar-refractivity contribution < 1.29 is 29.7 Å². The van der Waals surface area contributed by atoms with Crippen LogP contribution >= 0.6 is 83.1 Å². The summed E-state index contributed by atoms with van der Waals surface area (Å²) in [7, 11) is 0. The normalized spacial score (nSPS) is 14.0. The summed E-state index contributed by atoms with van der Waals surface area (Å²) in [6.07, 6.45) is 7.45. The first-order valence-electron chi connectivity index (χ1n) is 22.8. The first-order chi connectivity index (χ1) is 34.9. The fourth-order valence-electron chi connectivity index (χ4n) is 8.77. The molecule has 0 radical (unpaired) electrons. The molecular weight excluding hydrogens is 1180 g/mol. The summed E-state index contributed by atoms with van der Waals surface area (Å²) in [5, 5.41) is 65.2. The van der Waals surface area contributed by atoms with Gasteiger partial charge in [0.25, 0.3) is 0 Å². The van der Waals surface area contributed by atoms with Crippen LogP contribution in [0.15, 0.2) is 139 Å². The van der Waals surface area contributed by atoms with E-state index in [-0.39, 0.29) is 24.7 Å². The number of rotatable bonds is 15. The van der Waals surface area contributed by atoms with Gasteiger partial charge in [-0.1, -0.05) is 134 Å². The number of benzene rings is 6. The van der Waals surface area contributed by atoms with Gasteiger partial charge in [0.05, 0.1) is 35.0 Å². The third-order valence-electron chi connectivity index (χ3n) is 12.3. The zero-order chi connectivity index (χ0) is 50.0. The lowest BCUT2D eigenvalue weighted by atomic mass is 9.99. The molecule has 0 amide bonds. The molecule has 3 aliphatic rings. The smallest absolute Gasteiger partial charge is 0.205 e. The van der Waals surface area contributed by atoms with Gasteiger partial charge in [-0.25, -0.2) is 0 Å². The predicted molar refractivity (Wildman–Crippen MR) is 290 cm³/mol. The molecule has 12 rings (SSSR count). The van der Waals surface area contributed by atoms with Crippen molar-refractivity contribution >= 4 is 133 Å². The van der Waals surface area contributed by atoms with Gasteiger partial charge in [0.15, 0.2) is 15.5 Å². The zero-order valence-electron chi connectivity index (χ0n) is 37.8. The number of nitrogens with zero attached hydrogens (tertiary/aromatic N) is 9. The van der Waals surface area contributed by atoms with Crippen LogP contribution in [0.5, 0.6) is 0 Å². The molecule has 3 aromatic heterocycles. The highest BCUT2D eigenvalue weighted by Crippen LogP contribution is 2.47. The van der Waals surface area contributed by atoms with E-state index in [1.165, 1.54) is 71.4 Å². The summed E-state index contributed by atoms with van der Waals surface area (Å²) < 4.78 is 7.17. The molecule has 21 heteroatoms. The summed E-state index contributed by atoms with van der Waals surface area (Å²) in [5.74, 6) is -1.91. The average molecular weight is 1230 g/mol. The number of carbonyl (C=O) groups is 3. The molecule has 0 unspecified atom stereocenters. The lowest BCUT2D eigenvalue weighted by molar-refractivity contribution is -0.302. The van der Waals surface area contributed by atoms with Crippen LogP contribution in [-0.4, -0.2) is 79.5 Å². The van der Waals surface area contributed by atoms with E-state index < -0.39 is 17.9 Å². The second-order valence-corrected chi connectivity index (χ2v) is 22.2. The van der Waals surface area contributed by atoms with Gasteiger partial charge < -0.3 is 29.7 Å². The van der Waals surface area contributed by atoms with Gasteiger partial charge in [0.2, 0.25) is 14.2 Å². The van der Waals surface area contributed by atoms with E-state index >= 15 is 0 Å². The minimum absolute atomic E-state index is 0. The Morgan fingerprint density at radius 1 is 0.411 bits per heavy atom. The number of thioether (sulfide) groups is 3. The van der Waals surface area contributed by atoms with Crippen LogP contribution in [0.25, 0.3) is 49.4 Å². The molecule has 374 valence electrons. The van der Waals surface area contributed by atoms with Crippen molar-refractivity contribution in [1.82, 2.24) is 44.3 Å². The molecule has 3 saturated carbocycles. The Morgan fingerprint density at radius 2 is 0.658 bits per heavy atom. The predicted octanol–water partition coefficient (Wildman–Crippen LogP) is 9.34. The fraction of sp³-hybridized carbons (Fsp3) is 0.250. The zero-order valence-corrected chi connectivity index (χ0v) is 45.0. The topological polar surface area (TPSA) is 213 Å². The van der Waals surface area contributed by atoms with E-state index in [2.05, 4.69) is 151 Å². The summed E-state index contributed by atoms with van der Waals surface area (Å²) in [5.41, 5.74) is 6.95. The van der Waals surface area contributed by atoms with Crippen LogP contribution in [0.2, 0.25) is 0 Å². The van der Waals surface area contributed by atoms with Gasteiger partial charge in [0.1, 0.15) is 0 Å². The number of aliphatic carboxylic acids is 3. The minimum Gasteiger partial charge on any atom is -0.549 e. The second-order valence-electron chi connectivity index (χ2n) is 17.2. The molecule has 3 aliphatic carbocycles. The van der Waals surface area contributed by atoms with Crippen LogP contribution in [0.4, 0.5) is 0 Å². The summed E-state index contributed by atoms with van der Waals surface area (Å²) in [4.78, 5) is 32.3. The molecule has 6 aromatic carbocycles. The minimum atomic E-state index is -1.13. The quantitative estimate of drug-likeness (QED) is 0.0875. The van der Waals surface area contributed by atoms with Gasteiger partial charge in [-0.3, -0.25) is 13.7 Å². The van der Waals surface area contributed by atoms with Crippen molar-refractivity contribution in [2.24, 2.45) is 0 Å². The monoisotopic (exact) mass is 1220 g/mol. The lowest BCUT2D eigenvalue weighted by Crippen LogP contribution is -2.24. The molecule has 0 saturated heterocycles. The number of aromatic nitrogens is 9. The third kappa shape index (κ3) is 11.7. The number of carbonyl (C=O) groups excluding carboxylic acids is 3. The number of hydrogen-bond donors (Lipinski definition) is 0. The molecule has 0 atom stereocenters. The Labute approximate surface area is 457 Å². The molecule has 0 N–H and O–H groups in total. The highest BCUT2D eigenvalue weighted by Gasteiger charge is 2.29. The average Bonchev–Trinajstić information content (AvgIpc) is 4.31. The number of halogens is 3. The lowest BCUT2D eigenvalue weighted by Gasteiger charge is -2.14. The summed E-state index contributed by atoms with van der Waals surface area (Å²) >= 11 is 13.6.